The fourth-order valence-corrected chi connectivity index (χ4v) is 2.50. The van der Waals surface area contributed by atoms with Gasteiger partial charge in [0, 0.05) is 20.1 Å². The van der Waals surface area contributed by atoms with Crippen LogP contribution in [0.3, 0.4) is 0 Å². The molecule has 104 valence electrons. The van der Waals surface area contributed by atoms with Crippen molar-refractivity contribution in [1.29, 1.82) is 0 Å². The third kappa shape index (κ3) is 3.22. The van der Waals surface area contributed by atoms with Crippen molar-refractivity contribution in [3.8, 4) is 0 Å². The van der Waals surface area contributed by atoms with E-state index >= 15 is 0 Å². The second kappa shape index (κ2) is 5.99. The number of piperidine rings is 1. The molecule has 1 saturated heterocycles. The van der Waals surface area contributed by atoms with Gasteiger partial charge >= 0.3 is 0 Å². The van der Waals surface area contributed by atoms with E-state index in [0.29, 0.717) is 17.4 Å². The fraction of sp³-hybridized carbons (Fsp3) is 0.643. The molecule has 2 rings (SSSR count). The Bertz CT molecular complexity index is 422. The Kier molecular flexibility index (Phi) is 4.35. The maximum atomic E-state index is 12.3. The number of nitrogens with one attached hydrogen (secondary N) is 1. The largest absolute Gasteiger partial charge is 0.372 e. The van der Waals surface area contributed by atoms with Crippen LogP contribution in [-0.2, 0) is 0 Å². The molecule has 0 aromatic carbocycles. The van der Waals surface area contributed by atoms with Gasteiger partial charge in [-0.15, -0.1) is 0 Å². The molecule has 0 bridgehead atoms. The molecule has 1 aliphatic heterocycles. The van der Waals surface area contributed by atoms with Crippen LogP contribution >= 0.6 is 0 Å². The van der Waals surface area contributed by atoms with Crippen LogP contribution in [0.4, 0.5) is 5.82 Å². The van der Waals surface area contributed by atoms with E-state index in [-0.39, 0.29) is 5.91 Å². The van der Waals surface area contributed by atoms with Gasteiger partial charge in [0.25, 0.3) is 5.91 Å². The summed E-state index contributed by atoms with van der Waals surface area (Å²) in [5.41, 5.74) is 0.432. The van der Waals surface area contributed by atoms with Gasteiger partial charge in [-0.05, 0) is 24.7 Å². The molecule has 1 N–H and O–H groups in total. The van der Waals surface area contributed by atoms with E-state index in [1.54, 1.807) is 19.4 Å². The molecule has 5 heteroatoms. The van der Waals surface area contributed by atoms with Crippen molar-refractivity contribution >= 4 is 11.7 Å². The lowest BCUT2D eigenvalue weighted by atomic mass is 9.86. The summed E-state index contributed by atoms with van der Waals surface area (Å²) in [6.07, 6.45) is 5.31. The van der Waals surface area contributed by atoms with Crippen molar-refractivity contribution in [1.82, 2.24) is 14.9 Å². The van der Waals surface area contributed by atoms with E-state index in [4.69, 9.17) is 0 Å². The zero-order chi connectivity index (χ0) is 13.8. The third-order valence-electron chi connectivity index (χ3n) is 3.90. The van der Waals surface area contributed by atoms with Crippen LogP contribution in [-0.4, -0.2) is 40.9 Å². The van der Waals surface area contributed by atoms with Crippen molar-refractivity contribution in [2.24, 2.45) is 11.8 Å². The first-order chi connectivity index (χ1) is 9.11. The van der Waals surface area contributed by atoms with Crippen LogP contribution < -0.4 is 5.32 Å². The smallest absolute Gasteiger partial charge is 0.274 e. The highest BCUT2D eigenvalue weighted by molar-refractivity contribution is 5.92. The summed E-state index contributed by atoms with van der Waals surface area (Å²) in [6.45, 7) is 6.17. The number of nitrogens with zero attached hydrogens (tertiary/aromatic N) is 3. The van der Waals surface area contributed by atoms with Gasteiger partial charge in [0.2, 0.25) is 0 Å². The summed E-state index contributed by atoms with van der Waals surface area (Å²) < 4.78 is 0. The number of carbonyl (C=O) groups is 1. The maximum Gasteiger partial charge on any atom is 0.274 e. The molecule has 0 spiro atoms. The zero-order valence-corrected chi connectivity index (χ0v) is 11.9. The fourth-order valence-electron chi connectivity index (χ4n) is 2.50. The Morgan fingerprint density at radius 3 is 2.47 bits per heavy atom. The summed E-state index contributed by atoms with van der Waals surface area (Å²) in [5, 5.41) is 2.89. The highest BCUT2D eigenvalue weighted by Gasteiger charge is 2.25. The van der Waals surface area contributed by atoms with E-state index in [0.717, 1.165) is 31.8 Å². The summed E-state index contributed by atoms with van der Waals surface area (Å²) in [6, 6.07) is 0. The molecule has 1 aliphatic rings. The van der Waals surface area contributed by atoms with Crippen LogP contribution in [0.25, 0.3) is 0 Å². The molecule has 1 aromatic rings. The monoisotopic (exact) mass is 262 g/mol. The first-order valence-electron chi connectivity index (χ1n) is 6.91. The Balaban J connectivity index is 1.97. The van der Waals surface area contributed by atoms with Gasteiger partial charge in [-0.2, -0.15) is 0 Å². The number of aromatic nitrogens is 2. The molecule has 1 fully saturated rings. The molecule has 0 saturated carbocycles. The minimum absolute atomic E-state index is 0.00245. The first-order valence-corrected chi connectivity index (χ1v) is 6.91. The van der Waals surface area contributed by atoms with Crippen molar-refractivity contribution in [2.75, 3.05) is 25.5 Å². The van der Waals surface area contributed by atoms with Crippen molar-refractivity contribution in [3.63, 3.8) is 0 Å². The Morgan fingerprint density at radius 1 is 1.32 bits per heavy atom. The van der Waals surface area contributed by atoms with E-state index < -0.39 is 0 Å². The lowest BCUT2D eigenvalue weighted by molar-refractivity contribution is 0.0661. The molecule has 0 aliphatic carbocycles. The number of rotatable bonds is 3. The van der Waals surface area contributed by atoms with Gasteiger partial charge in [0.15, 0.2) is 0 Å². The normalized spacial score (nSPS) is 16.7. The molecular formula is C14H22N4O. The first kappa shape index (κ1) is 13.8. The molecule has 0 radical (unpaired) electrons. The van der Waals surface area contributed by atoms with Gasteiger partial charge in [0.1, 0.15) is 11.5 Å². The van der Waals surface area contributed by atoms with Crippen molar-refractivity contribution in [3.05, 3.63) is 18.1 Å². The highest BCUT2D eigenvalue weighted by atomic mass is 16.2. The van der Waals surface area contributed by atoms with Crippen molar-refractivity contribution < 1.29 is 4.79 Å². The van der Waals surface area contributed by atoms with Gasteiger partial charge < -0.3 is 10.2 Å². The second-order valence-electron chi connectivity index (χ2n) is 5.41. The van der Waals surface area contributed by atoms with Gasteiger partial charge in [-0.1, -0.05) is 13.8 Å². The van der Waals surface area contributed by atoms with Crippen LogP contribution in [0.2, 0.25) is 0 Å². The second-order valence-corrected chi connectivity index (χ2v) is 5.41. The predicted octanol–water partition coefficient (Wildman–Crippen LogP) is 2.03. The van der Waals surface area contributed by atoms with Crippen LogP contribution in [0.1, 0.15) is 37.2 Å². The summed E-state index contributed by atoms with van der Waals surface area (Å²) in [4.78, 5) is 22.5. The molecule has 1 amide bonds. The number of hydrogen-bond acceptors (Lipinski definition) is 4. The topological polar surface area (TPSA) is 58.1 Å². The predicted molar refractivity (Wildman–Crippen MR) is 75.0 cm³/mol. The quantitative estimate of drug-likeness (QED) is 0.905. The maximum absolute atomic E-state index is 12.3. The molecule has 2 heterocycles. The summed E-state index contributed by atoms with van der Waals surface area (Å²) >= 11 is 0. The Morgan fingerprint density at radius 2 is 2.00 bits per heavy atom. The highest BCUT2D eigenvalue weighted by Crippen LogP contribution is 2.25. The van der Waals surface area contributed by atoms with E-state index in [1.165, 1.54) is 0 Å². The molecule has 5 nitrogen and oxygen atoms in total. The Hall–Kier alpha value is -1.65. The summed E-state index contributed by atoms with van der Waals surface area (Å²) in [5.74, 6) is 2.11. The lowest BCUT2D eigenvalue weighted by Gasteiger charge is -2.33. The molecule has 1 aromatic heterocycles. The van der Waals surface area contributed by atoms with Crippen LogP contribution in [0.15, 0.2) is 12.4 Å². The van der Waals surface area contributed by atoms with Gasteiger partial charge in [-0.25, -0.2) is 9.97 Å². The van der Waals surface area contributed by atoms with E-state index in [2.05, 4.69) is 29.1 Å². The third-order valence-corrected chi connectivity index (χ3v) is 3.90. The number of hydrogen-bond donors (Lipinski definition) is 1. The average molecular weight is 262 g/mol. The van der Waals surface area contributed by atoms with E-state index in [9.17, 15) is 4.79 Å². The van der Waals surface area contributed by atoms with E-state index in [1.807, 2.05) is 4.90 Å². The lowest BCUT2D eigenvalue weighted by Crippen LogP contribution is -2.39. The number of amides is 1. The molecule has 0 atom stereocenters. The van der Waals surface area contributed by atoms with Crippen LogP contribution in [0, 0.1) is 11.8 Å². The summed E-state index contributed by atoms with van der Waals surface area (Å²) in [7, 11) is 1.78. The standard InChI is InChI=1S/C14H22N4O/c1-10(2)11-4-6-18(7-5-11)14(19)12-8-17-13(15-3)9-16-12/h8-11H,4-7H2,1-3H3,(H,15,17). The molecule has 19 heavy (non-hydrogen) atoms. The molecule has 0 unspecified atom stereocenters. The van der Waals surface area contributed by atoms with Crippen LogP contribution in [0.5, 0.6) is 0 Å². The Labute approximate surface area is 114 Å². The number of likely N-dealkylation sites (tertiary alicyclic amines) is 1. The molecular weight excluding hydrogens is 240 g/mol. The van der Waals surface area contributed by atoms with Crippen molar-refractivity contribution in [2.45, 2.75) is 26.7 Å². The number of anilines is 1. The number of carbonyl (C=O) groups excluding carboxylic acids is 1. The minimum Gasteiger partial charge on any atom is -0.372 e. The average Bonchev–Trinajstić information content (AvgIpc) is 2.46. The van der Waals surface area contributed by atoms with Gasteiger partial charge in [0.05, 0.1) is 12.4 Å². The minimum atomic E-state index is -0.00245. The van der Waals surface area contributed by atoms with Gasteiger partial charge in [-0.3, -0.25) is 4.79 Å². The SMILES string of the molecule is CNc1cnc(C(=O)N2CCC(C(C)C)CC2)cn1. The zero-order valence-electron chi connectivity index (χ0n) is 11.9.